The van der Waals surface area contributed by atoms with E-state index < -0.39 is 17.9 Å². The summed E-state index contributed by atoms with van der Waals surface area (Å²) in [6.07, 6.45) is 9.54. The number of carbonyl (C=O) groups is 2. The SMILES string of the molecule is C=CCOCC(COc1ccc(CCCCCC)cc1)OCCCCCC(C(=O)O)C(=O)O. The first-order chi connectivity index (χ1) is 16.0. The summed E-state index contributed by atoms with van der Waals surface area (Å²) >= 11 is 0. The van der Waals surface area contributed by atoms with Gasteiger partial charge in [0.05, 0.1) is 13.2 Å². The molecule has 0 heterocycles. The third kappa shape index (κ3) is 13.7. The Morgan fingerprint density at radius 1 is 0.970 bits per heavy atom. The number of ether oxygens (including phenoxy) is 3. The van der Waals surface area contributed by atoms with Gasteiger partial charge in [0.2, 0.25) is 0 Å². The fourth-order valence-corrected chi connectivity index (χ4v) is 3.35. The van der Waals surface area contributed by atoms with E-state index in [1.165, 1.54) is 31.2 Å². The molecule has 2 N–H and O–H groups in total. The lowest BCUT2D eigenvalue weighted by atomic mass is 10.0. The largest absolute Gasteiger partial charge is 0.491 e. The molecule has 0 aliphatic carbocycles. The van der Waals surface area contributed by atoms with Crippen molar-refractivity contribution in [2.75, 3.05) is 26.4 Å². The average Bonchev–Trinajstić information content (AvgIpc) is 2.79. The number of hydrogen-bond donors (Lipinski definition) is 2. The quantitative estimate of drug-likeness (QED) is 0.148. The molecule has 0 bridgehead atoms. The molecule has 1 atom stereocenters. The lowest BCUT2D eigenvalue weighted by molar-refractivity contribution is -0.154. The van der Waals surface area contributed by atoms with E-state index >= 15 is 0 Å². The van der Waals surface area contributed by atoms with Crippen molar-refractivity contribution in [1.82, 2.24) is 0 Å². The van der Waals surface area contributed by atoms with Crippen LogP contribution < -0.4 is 4.74 Å². The van der Waals surface area contributed by atoms with Crippen molar-refractivity contribution in [2.24, 2.45) is 5.92 Å². The van der Waals surface area contributed by atoms with Crippen LogP contribution in [0.5, 0.6) is 5.75 Å². The maximum Gasteiger partial charge on any atom is 0.317 e. The molecule has 0 saturated carbocycles. The topological polar surface area (TPSA) is 102 Å². The maximum absolute atomic E-state index is 10.9. The summed E-state index contributed by atoms with van der Waals surface area (Å²) in [4.78, 5) is 21.8. The molecular formula is C26H40O7. The molecule has 1 rings (SSSR count). The summed E-state index contributed by atoms with van der Waals surface area (Å²) < 4.78 is 17.3. The van der Waals surface area contributed by atoms with Crippen LogP contribution in [0.15, 0.2) is 36.9 Å². The van der Waals surface area contributed by atoms with Crippen LogP contribution >= 0.6 is 0 Å². The Bertz CT molecular complexity index is 658. The summed E-state index contributed by atoms with van der Waals surface area (Å²) in [6, 6.07) is 8.18. The van der Waals surface area contributed by atoms with Crippen molar-refractivity contribution in [1.29, 1.82) is 0 Å². The van der Waals surface area contributed by atoms with Gasteiger partial charge in [-0.05, 0) is 43.4 Å². The minimum Gasteiger partial charge on any atom is -0.491 e. The molecule has 0 spiro atoms. The van der Waals surface area contributed by atoms with E-state index in [2.05, 4.69) is 25.6 Å². The Labute approximate surface area is 197 Å². The van der Waals surface area contributed by atoms with Crippen molar-refractivity contribution in [3.63, 3.8) is 0 Å². The van der Waals surface area contributed by atoms with E-state index in [0.29, 0.717) is 45.7 Å². The third-order valence-electron chi connectivity index (χ3n) is 5.30. The lowest BCUT2D eigenvalue weighted by Crippen LogP contribution is -2.28. The van der Waals surface area contributed by atoms with Gasteiger partial charge in [0.25, 0.3) is 0 Å². The van der Waals surface area contributed by atoms with Crippen LogP contribution in [0.25, 0.3) is 0 Å². The lowest BCUT2D eigenvalue weighted by Gasteiger charge is -2.19. The number of unbranched alkanes of at least 4 members (excludes halogenated alkanes) is 5. The van der Waals surface area contributed by atoms with Crippen LogP contribution in [0.1, 0.15) is 63.9 Å². The predicted molar refractivity (Wildman–Crippen MR) is 128 cm³/mol. The zero-order valence-corrected chi connectivity index (χ0v) is 19.9. The first kappa shape index (κ1) is 28.7. The highest BCUT2D eigenvalue weighted by Crippen LogP contribution is 2.16. The second kappa shape index (κ2) is 18.1. The fraction of sp³-hybridized carbons (Fsp3) is 0.615. The van der Waals surface area contributed by atoms with E-state index in [1.807, 2.05) is 12.1 Å². The van der Waals surface area contributed by atoms with Gasteiger partial charge in [-0.1, -0.05) is 57.2 Å². The molecule has 33 heavy (non-hydrogen) atoms. The van der Waals surface area contributed by atoms with Crippen molar-refractivity contribution in [2.45, 2.75) is 70.8 Å². The van der Waals surface area contributed by atoms with Gasteiger partial charge in [0.15, 0.2) is 5.92 Å². The third-order valence-corrected chi connectivity index (χ3v) is 5.30. The predicted octanol–water partition coefficient (Wildman–Crippen LogP) is 5.12. The van der Waals surface area contributed by atoms with E-state index in [4.69, 9.17) is 24.4 Å². The van der Waals surface area contributed by atoms with Crippen LogP contribution in [0.2, 0.25) is 0 Å². The molecule has 1 unspecified atom stereocenters. The Kier molecular flexibility index (Phi) is 15.7. The Hall–Kier alpha value is -2.38. The second-order valence-corrected chi connectivity index (χ2v) is 8.16. The molecule has 7 nitrogen and oxygen atoms in total. The van der Waals surface area contributed by atoms with Gasteiger partial charge in [-0.25, -0.2) is 0 Å². The molecule has 186 valence electrons. The number of carboxylic acid groups (broad SMARTS) is 2. The number of rotatable bonds is 21. The van der Waals surface area contributed by atoms with Gasteiger partial charge < -0.3 is 24.4 Å². The number of hydrogen-bond acceptors (Lipinski definition) is 5. The summed E-state index contributed by atoms with van der Waals surface area (Å²) in [7, 11) is 0. The van der Waals surface area contributed by atoms with Crippen LogP contribution in [0, 0.1) is 5.92 Å². The van der Waals surface area contributed by atoms with Gasteiger partial charge in [0, 0.05) is 6.61 Å². The Morgan fingerprint density at radius 3 is 2.30 bits per heavy atom. The van der Waals surface area contributed by atoms with Crippen LogP contribution in [0.3, 0.4) is 0 Å². The number of aryl methyl sites for hydroxylation is 1. The minimum atomic E-state index is -1.35. The molecule has 0 radical (unpaired) electrons. The van der Waals surface area contributed by atoms with E-state index in [9.17, 15) is 9.59 Å². The monoisotopic (exact) mass is 464 g/mol. The summed E-state index contributed by atoms with van der Waals surface area (Å²) in [5.41, 5.74) is 1.31. The smallest absolute Gasteiger partial charge is 0.317 e. The Morgan fingerprint density at radius 2 is 1.67 bits per heavy atom. The van der Waals surface area contributed by atoms with Gasteiger partial charge in [-0.2, -0.15) is 0 Å². The summed E-state index contributed by atoms with van der Waals surface area (Å²) in [5, 5.41) is 17.8. The van der Waals surface area contributed by atoms with Gasteiger partial charge in [-0.3, -0.25) is 9.59 Å². The zero-order valence-electron chi connectivity index (χ0n) is 19.9. The Balaban J connectivity index is 2.36. The molecule has 0 fully saturated rings. The first-order valence-electron chi connectivity index (χ1n) is 12.0. The van der Waals surface area contributed by atoms with E-state index in [1.54, 1.807) is 6.08 Å². The molecule has 0 aliphatic rings. The van der Waals surface area contributed by atoms with Gasteiger partial charge in [-0.15, -0.1) is 6.58 Å². The molecule has 7 heteroatoms. The first-order valence-corrected chi connectivity index (χ1v) is 12.0. The molecule has 1 aromatic rings. The highest BCUT2D eigenvalue weighted by atomic mass is 16.6. The molecule has 0 aliphatic heterocycles. The highest BCUT2D eigenvalue weighted by Gasteiger charge is 2.24. The number of benzene rings is 1. The van der Waals surface area contributed by atoms with Crippen molar-refractivity contribution in [3.05, 3.63) is 42.5 Å². The van der Waals surface area contributed by atoms with E-state index in [-0.39, 0.29) is 12.5 Å². The number of carboxylic acids is 2. The van der Waals surface area contributed by atoms with Crippen LogP contribution in [-0.2, 0) is 25.5 Å². The molecule has 0 saturated heterocycles. The fourth-order valence-electron chi connectivity index (χ4n) is 3.35. The molecule has 1 aromatic carbocycles. The van der Waals surface area contributed by atoms with E-state index in [0.717, 1.165) is 12.2 Å². The molecular weight excluding hydrogens is 424 g/mol. The maximum atomic E-state index is 10.9. The minimum absolute atomic E-state index is 0.119. The normalized spacial score (nSPS) is 11.9. The zero-order chi connectivity index (χ0) is 24.3. The van der Waals surface area contributed by atoms with Gasteiger partial charge >= 0.3 is 11.9 Å². The highest BCUT2D eigenvalue weighted by molar-refractivity contribution is 5.92. The summed E-state index contributed by atoms with van der Waals surface area (Å²) in [5.74, 6) is -3.14. The van der Waals surface area contributed by atoms with Crippen molar-refractivity contribution < 1.29 is 34.0 Å². The van der Waals surface area contributed by atoms with Crippen molar-refractivity contribution >= 4 is 11.9 Å². The second-order valence-electron chi connectivity index (χ2n) is 8.16. The molecule has 0 aromatic heterocycles. The standard InChI is InChI=1S/C26H40O7/c1-3-5-6-8-11-21-13-15-22(16-14-21)33-20-23(19-31-17-4-2)32-18-10-7-9-12-24(25(27)28)26(29)30/h4,13-16,23-24H,2-3,5-12,17-20H2,1H3,(H,27,28)(H,29,30). The van der Waals surface area contributed by atoms with Gasteiger partial charge in [0.1, 0.15) is 18.5 Å². The average molecular weight is 465 g/mol. The number of aliphatic carboxylic acids is 2. The summed E-state index contributed by atoms with van der Waals surface area (Å²) in [6.45, 7) is 7.48. The molecule has 0 amide bonds. The van der Waals surface area contributed by atoms with Crippen LogP contribution in [0.4, 0.5) is 0 Å². The van der Waals surface area contributed by atoms with Crippen molar-refractivity contribution in [3.8, 4) is 5.75 Å². The van der Waals surface area contributed by atoms with Crippen LogP contribution in [-0.4, -0.2) is 54.7 Å².